The highest BCUT2D eigenvalue weighted by atomic mass is 16.3. The van der Waals surface area contributed by atoms with Gasteiger partial charge in [-0.15, -0.1) is 0 Å². The Balaban J connectivity index is 3.52. The molecule has 0 atom stereocenters. The first-order valence-corrected chi connectivity index (χ1v) is 3.87. The van der Waals surface area contributed by atoms with E-state index in [2.05, 4.69) is 13.8 Å². The largest absolute Gasteiger partial charge is 0.389 e. The molecular formula is C8H16O2. The van der Waals surface area contributed by atoms with Gasteiger partial charge in [0.25, 0.3) is 0 Å². The number of ketones is 1. The minimum atomic E-state index is -0.295. The number of hydrogen-bond donors (Lipinski definition) is 1. The molecule has 0 saturated heterocycles. The fourth-order valence-corrected chi connectivity index (χ4v) is 0.964. The Morgan fingerprint density at radius 1 is 1.40 bits per heavy atom. The molecule has 0 spiro atoms. The molecule has 0 aromatic heterocycles. The lowest BCUT2D eigenvalue weighted by Crippen LogP contribution is -2.10. The van der Waals surface area contributed by atoms with Crippen LogP contribution in [0.4, 0.5) is 0 Å². The van der Waals surface area contributed by atoms with Gasteiger partial charge in [0, 0.05) is 6.42 Å². The molecule has 60 valence electrons. The smallest absolute Gasteiger partial charge is 0.158 e. The molecule has 0 unspecified atom stereocenters. The van der Waals surface area contributed by atoms with Crippen LogP contribution in [-0.2, 0) is 4.79 Å². The third-order valence-electron chi connectivity index (χ3n) is 1.85. The van der Waals surface area contributed by atoms with Crippen LogP contribution in [0.5, 0.6) is 0 Å². The standard InChI is InChI=1S/C8H16O2/c1-3-7(4-2)5-8(10)6-9/h7,9H,3-6H2,1-2H3. The zero-order valence-electron chi connectivity index (χ0n) is 6.76. The van der Waals surface area contributed by atoms with Gasteiger partial charge >= 0.3 is 0 Å². The van der Waals surface area contributed by atoms with E-state index in [-0.39, 0.29) is 12.4 Å². The van der Waals surface area contributed by atoms with Crippen LogP contribution in [0.1, 0.15) is 33.1 Å². The first kappa shape index (κ1) is 9.63. The van der Waals surface area contributed by atoms with Crippen LogP contribution in [0, 0.1) is 5.92 Å². The summed E-state index contributed by atoms with van der Waals surface area (Å²) in [5.41, 5.74) is 0. The number of Topliss-reactive ketones (excluding diaryl/α,β-unsaturated/α-hetero) is 1. The third-order valence-corrected chi connectivity index (χ3v) is 1.85. The van der Waals surface area contributed by atoms with E-state index in [4.69, 9.17) is 5.11 Å². The summed E-state index contributed by atoms with van der Waals surface area (Å²) in [6.45, 7) is 3.84. The number of hydrogen-bond acceptors (Lipinski definition) is 2. The van der Waals surface area contributed by atoms with E-state index in [1.54, 1.807) is 0 Å². The van der Waals surface area contributed by atoms with Crippen LogP contribution in [0.2, 0.25) is 0 Å². The number of aliphatic hydroxyl groups excluding tert-OH is 1. The molecule has 2 heteroatoms. The van der Waals surface area contributed by atoms with Gasteiger partial charge < -0.3 is 5.11 Å². The van der Waals surface area contributed by atoms with Crippen LogP contribution in [0.3, 0.4) is 0 Å². The zero-order valence-corrected chi connectivity index (χ0v) is 6.76. The van der Waals surface area contributed by atoms with Crippen molar-refractivity contribution in [3.63, 3.8) is 0 Å². The lowest BCUT2D eigenvalue weighted by atomic mass is 9.97. The Bertz CT molecular complexity index is 95.4. The van der Waals surface area contributed by atoms with E-state index in [9.17, 15) is 4.79 Å². The van der Waals surface area contributed by atoms with Crippen molar-refractivity contribution in [1.29, 1.82) is 0 Å². The number of carbonyl (C=O) groups is 1. The Morgan fingerprint density at radius 2 is 1.90 bits per heavy atom. The first-order valence-electron chi connectivity index (χ1n) is 3.87. The van der Waals surface area contributed by atoms with E-state index in [0.29, 0.717) is 12.3 Å². The number of aliphatic hydroxyl groups is 1. The molecule has 0 heterocycles. The van der Waals surface area contributed by atoms with Gasteiger partial charge in [-0.1, -0.05) is 26.7 Å². The fraction of sp³-hybridized carbons (Fsp3) is 0.875. The van der Waals surface area contributed by atoms with Crippen LogP contribution in [0.15, 0.2) is 0 Å². The van der Waals surface area contributed by atoms with Gasteiger partial charge in [-0.2, -0.15) is 0 Å². The van der Waals surface area contributed by atoms with Crippen molar-refractivity contribution in [2.24, 2.45) is 5.92 Å². The minimum absolute atomic E-state index is 0.0336. The van der Waals surface area contributed by atoms with E-state index in [1.807, 2.05) is 0 Å². The second kappa shape index (κ2) is 5.42. The first-order chi connectivity index (χ1) is 4.74. The summed E-state index contributed by atoms with van der Waals surface area (Å²) in [6, 6.07) is 0. The van der Waals surface area contributed by atoms with E-state index < -0.39 is 0 Å². The van der Waals surface area contributed by atoms with Gasteiger partial charge in [-0.3, -0.25) is 4.79 Å². The topological polar surface area (TPSA) is 37.3 Å². The Morgan fingerprint density at radius 3 is 2.20 bits per heavy atom. The fourth-order valence-electron chi connectivity index (χ4n) is 0.964. The number of rotatable bonds is 5. The summed E-state index contributed by atoms with van der Waals surface area (Å²) in [5.74, 6) is 0.438. The summed E-state index contributed by atoms with van der Waals surface area (Å²) >= 11 is 0. The molecule has 0 bridgehead atoms. The predicted octanol–water partition coefficient (Wildman–Crippen LogP) is 1.37. The highest BCUT2D eigenvalue weighted by Crippen LogP contribution is 2.11. The lowest BCUT2D eigenvalue weighted by Gasteiger charge is -2.08. The monoisotopic (exact) mass is 144 g/mol. The van der Waals surface area contributed by atoms with Crippen molar-refractivity contribution in [2.75, 3.05) is 6.61 Å². The van der Waals surface area contributed by atoms with Gasteiger partial charge in [0.15, 0.2) is 5.78 Å². The van der Waals surface area contributed by atoms with Crippen LogP contribution >= 0.6 is 0 Å². The molecule has 0 aromatic rings. The molecule has 0 amide bonds. The highest BCUT2D eigenvalue weighted by molar-refractivity contribution is 5.79. The summed E-state index contributed by atoms with van der Waals surface area (Å²) < 4.78 is 0. The summed E-state index contributed by atoms with van der Waals surface area (Å²) in [6.07, 6.45) is 2.61. The second-order valence-electron chi connectivity index (χ2n) is 2.58. The number of carbonyl (C=O) groups excluding carboxylic acids is 1. The average Bonchev–Trinajstić information content (AvgIpc) is 1.99. The molecule has 0 aromatic carbocycles. The Hall–Kier alpha value is -0.370. The van der Waals surface area contributed by atoms with Crippen LogP contribution < -0.4 is 0 Å². The lowest BCUT2D eigenvalue weighted by molar-refractivity contribution is -0.122. The average molecular weight is 144 g/mol. The van der Waals surface area contributed by atoms with Gasteiger partial charge in [0.05, 0.1) is 0 Å². The molecular weight excluding hydrogens is 128 g/mol. The van der Waals surface area contributed by atoms with Gasteiger partial charge in [0.1, 0.15) is 6.61 Å². The molecule has 0 aliphatic carbocycles. The van der Waals surface area contributed by atoms with Crippen LogP contribution in [-0.4, -0.2) is 17.5 Å². The molecule has 1 N–H and O–H groups in total. The normalized spacial score (nSPS) is 10.4. The van der Waals surface area contributed by atoms with Gasteiger partial charge in [0.2, 0.25) is 0 Å². The second-order valence-corrected chi connectivity index (χ2v) is 2.58. The Kier molecular flexibility index (Phi) is 5.22. The Labute approximate surface area is 62.2 Å². The predicted molar refractivity (Wildman–Crippen MR) is 40.8 cm³/mol. The maximum Gasteiger partial charge on any atom is 0.158 e. The SMILES string of the molecule is CCC(CC)CC(=O)CO. The molecule has 0 rings (SSSR count). The van der Waals surface area contributed by atoms with Gasteiger partial charge in [-0.05, 0) is 5.92 Å². The van der Waals surface area contributed by atoms with E-state index >= 15 is 0 Å². The molecule has 0 radical (unpaired) electrons. The maximum atomic E-state index is 10.7. The highest BCUT2D eigenvalue weighted by Gasteiger charge is 2.07. The molecule has 0 fully saturated rings. The third kappa shape index (κ3) is 3.62. The minimum Gasteiger partial charge on any atom is -0.389 e. The molecule has 0 aliphatic heterocycles. The van der Waals surface area contributed by atoms with E-state index in [1.165, 1.54) is 0 Å². The molecule has 0 aliphatic rings. The summed E-state index contributed by atoms with van der Waals surface area (Å²) in [7, 11) is 0. The van der Waals surface area contributed by atoms with Crippen molar-refractivity contribution in [3.05, 3.63) is 0 Å². The van der Waals surface area contributed by atoms with Crippen LogP contribution in [0.25, 0.3) is 0 Å². The summed E-state index contributed by atoms with van der Waals surface area (Å²) in [5, 5.41) is 8.43. The van der Waals surface area contributed by atoms with Crippen molar-refractivity contribution >= 4 is 5.78 Å². The molecule has 10 heavy (non-hydrogen) atoms. The molecule has 0 saturated carbocycles. The van der Waals surface area contributed by atoms with Crippen molar-refractivity contribution in [2.45, 2.75) is 33.1 Å². The van der Waals surface area contributed by atoms with Gasteiger partial charge in [-0.25, -0.2) is 0 Å². The zero-order chi connectivity index (χ0) is 7.98. The van der Waals surface area contributed by atoms with Crippen molar-refractivity contribution in [1.82, 2.24) is 0 Å². The van der Waals surface area contributed by atoms with E-state index in [0.717, 1.165) is 12.8 Å². The van der Waals surface area contributed by atoms with Crippen molar-refractivity contribution in [3.8, 4) is 0 Å². The summed E-state index contributed by atoms with van der Waals surface area (Å²) in [4.78, 5) is 10.7. The van der Waals surface area contributed by atoms with Crippen molar-refractivity contribution < 1.29 is 9.90 Å². The quantitative estimate of drug-likeness (QED) is 0.632. The maximum absolute atomic E-state index is 10.7. The molecule has 2 nitrogen and oxygen atoms in total.